The van der Waals surface area contributed by atoms with Gasteiger partial charge in [-0.05, 0) is 0 Å². The molecule has 0 radical (unpaired) electrons. The molecule has 2 rings (SSSR count). The summed E-state index contributed by atoms with van der Waals surface area (Å²) in [6.45, 7) is -1.17. The molecule has 166 valence electrons. The molecule has 0 aromatic carbocycles. The van der Waals surface area contributed by atoms with E-state index in [-0.39, 0.29) is 81.3 Å². The van der Waals surface area contributed by atoms with E-state index in [2.05, 4.69) is 23.2 Å². The number of rotatable bonds is 8. The normalized spacial score (nSPS) is 25.8. The Morgan fingerprint density at radius 3 is 2.06 bits per heavy atom. The van der Waals surface area contributed by atoms with Crippen molar-refractivity contribution in [3.63, 3.8) is 0 Å². The van der Waals surface area contributed by atoms with Gasteiger partial charge in [-0.3, -0.25) is 13.4 Å². The first-order chi connectivity index (χ1) is 13.1. The number of nitrogens with two attached hydrogens (primary N) is 1. The first-order valence-electron chi connectivity index (χ1n) is 7.04. The number of nitrogen functional groups attached to an aromatic ring is 1. The average molecular weight is 508 g/mol. The van der Waals surface area contributed by atoms with E-state index in [1.165, 1.54) is 0 Å². The number of ether oxygens (including phenoxy) is 1. The maximum atomic E-state index is 11.7. The van der Waals surface area contributed by atoms with Crippen molar-refractivity contribution in [3.8, 4) is 0 Å². The molecular weight excluding hydrogens is 497 g/mol. The summed E-state index contributed by atoms with van der Waals surface area (Å²) in [4.78, 5) is 58.0. The largest absolute Gasteiger partial charge is 1.00 e. The summed E-state index contributed by atoms with van der Waals surface area (Å²) < 4.78 is 48.7. The molecule has 18 nitrogen and oxygen atoms in total. The van der Waals surface area contributed by atoms with Gasteiger partial charge in [0.15, 0.2) is 6.23 Å². The fraction of sp³-hybridized carbons (Fsp3) is 0.625. The van der Waals surface area contributed by atoms with Crippen LogP contribution < -0.4 is 106 Å². The van der Waals surface area contributed by atoms with Crippen molar-refractivity contribution in [2.24, 2.45) is 0 Å². The fourth-order valence-electron chi connectivity index (χ4n) is 2.05. The molecule has 0 spiro atoms. The maximum Gasteiger partial charge on any atom is 1.00 e. The summed E-state index contributed by atoms with van der Waals surface area (Å²) in [6.07, 6.45) is -6.07. The monoisotopic (exact) mass is 508 g/mol. The summed E-state index contributed by atoms with van der Waals surface area (Å²) in [6, 6.07) is 0. The minimum atomic E-state index is -6.16. The zero-order valence-electron chi connectivity index (χ0n) is 17.6. The van der Waals surface area contributed by atoms with Gasteiger partial charge in [0.2, 0.25) is 0 Å². The maximum absolute atomic E-state index is 11.7. The van der Waals surface area contributed by atoms with Crippen molar-refractivity contribution in [3.05, 3.63) is 16.7 Å². The van der Waals surface area contributed by atoms with Crippen molar-refractivity contribution >= 4 is 29.3 Å². The number of hydrogen-bond acceptors (Lipinski definition) is 17. The minimum absolute atomic E-state index is 0. The Bertz CT molecular complexity index is 965. The van der Waals surface area contributed by atoms with Crippen LogP contribution in [0.2, 0.25) is 0 Å². The van der Waals surface area contributed by atoms with Gasteiger partial charge in [0.1, 0.15) is 24.1 Å². The van der Waals surface area contributed by atoms with E-state index in [1.54, 1.807) is 0 Å². The van der Waals surface area contributed by atoms with Crippen LogP contribution in [-0.4, -0.2) is 49.9 Å². The van der Waals surface area contributed by atoms with Gasteiger partial charge < -0.3 is 49.3 Å². The van der Waals surface area contributed by atoms with Crippen LogP contribution in [0, 0.1) is 0 Å². The molecule has 33 heavy (non-hydrogen) atoms. The molecule has 6 unspecified atom stereocenters. The third kappa shape index (κ3) is 11.9. The molecule has 0 amide bonds. The smallest absolute Gasteiger partial charge is 0.790 e. The standard InChI is InChI=1S/C8H15N4O14P3.4Li/c9-4-1-10-12(8(15)11-4)7-6(14)5(13)3(24-7)2-23-28(19,20)26-29(21,22)25-27(16,17)18;;;;/h1,3,5-7,13-14H,2H2,(H,19,20)(H,21,22)(H2,9,11,15)(H2,16,17,18);;;;/q;4*+1/p-4. The van der Waals surface area contributed by atoms with Crippen LogP contribution >= 0.6 is 23.5 Å². The van der Waals surface area contributed by atoms with E-state index < -0.39 is 60.3 Å². The predicted octanol–water partition coefficient (Wildman–Crippen LogP) is -17.3. The minimum Gasteiger partial charge on any atom is -0.790 e. The number of nitrogens with zero attached hydrogens (tertiary/aromatic N) is 3. The number of phosphoric acid groups is 3. The van der Waals surface area contributed by atoms with Crippen molar-refractivity contribution in [2.45, 2.75) is 24.5 Å². The van der Waals surface area contributed by atoms with E-state index in [0.29, 0.717) is 4.68 Å². The van der Waals surface area contributed by atoms with E-state index in [9.17, 15) is 48.3 Å². The zero-order chi connectivity index (χ0) is 22.2. The molecule has 1 aliphatic rings. The molecule has 1 aromatic heterocycles. The topological polar surface area (TPSA) is 295 Å². The van der Waals surface area contributed by atoms with Gasteiger partial charge in [0, 0.05) is 0 Å². The van der Waals surface area contributed by atoms with Gasteiger partial charge in [0.25, 0.3) is 15.6 Å². The molecule has 1 aliphatic heterocycles. The molecule has 1 aromatic rings. The van der Waals surface area contributed by atoms with Gasteiger partial charge in [0.05, 0.1) is 20.6 Å². The van der Waals surface area contributed by atoms with Gasteiger partial charge in [-0.2, -0.15) is 14.8 Å². The Labute approximate surface area is 233 Å². The average Bonchev–Trinajstić information content (AvgIpc) is 2.78. The molecule has 0 saturated carbocycles. The van der Waals surface area contributed by atoms with E-state index in [0.717, 1.165) is 6.20 Å². The Morgan fingerprint density at radius 1 is 1.03 bits per heavy atom. The Morgan fingerprint density at radius 2 is 1.58 bits per heavy atom. The number of aliphatic hydroxyl groups is 2. The molecule has 25 heteroatoms. The number of phosphoric ester groups is 1. The van der Waals surface area contributed by atoms with Crippen LogP contribution in [0.25, 0.3) is 0 Å². The number of anilines is 1. The quantitative estimate of drug-likeness (QED) is 0.217. The van der Waals surface area contributed by atoms with Crippen molar-refractivity contribution in [2.75, 3.05) is 12.3 Å². The van der Waals surface area contributed by atoms with Crippen LogP contribution in [0.5, 0.6) is 0 Å². The summed E-state index contributed by atoms with van der Waals surface area (Å²) in [5.41, 5.74) is 4.17. The number of aliphatic hydroxyl groups excluding tert-OH is 2. The third-order valence-electron chi connectivity index (χ3n) is 3.11. The predicted molar refractivity (Wildman–Crippen MR) is 77.6 cm³/mol. The van der Waals surface area contributed by atoms with Crippen LogP contribution in [0.15, 0.2) is 11.0 Å². The van der Waals surface area contributed by atoms with Crippen LogP contribution in [-0.2, 0) is 31.6 Å². The van der Waals surface area contributed by atoms with Crippen molar-refractivity contribution in [1.29, 1.82) is 0 Å². The van der Waals surface area contributed by atoms with E-state index >= 15 is 0 Å². The van der Waals surface area contributed by atoms with Gasteiger partial charge in [-0.25, -0.2) is 9.11 Å². The first-order valence-corrected chi connectivity index (χ1v) is 11.4. The van der Waals surface area contributed by atoms with Crippen LogP contribution in [0.1, 0.15) is 6.23 Å². The molecule has 1 saturated heterocycles. The number of hydrogen-bond donors (Lipinski definition) is 3. The summed E-state index contributed by atoms with van der Waals surface area (Å²) in [5, 5.41) is 23.3. The van der Waals surface area contributed by atoms with E-state index in [1.807, 2.05) is 0 Å². The second kappa shape index (κ2) is 14.9. The summed E-state index contributed by atoms with van der Waals surface area (Å²) in [5.74, 6) is -0.256. The third-order valence-corrected chi connectivity index (χ3v) is 6.78. The zero-order valence-corrected chi connectivity index (χ0v) is 20.3. The summed E-state index contributed by atoms with van der Waals surface area (Å²) >= 11 is 0. The second-order valence-electron chi connectivity index (χ2n) is 5.26. The molecule has 4 N–H and O–H groups in total. The van der Waals surface area contributed by atoms with Crippen molar-refractivity contribution in [1.82, 2.24) is 14.8 Å². The first kappa shape index (κ1) is 38.8. The molecule has 6 atom stereocenters. The molecule has 2 heterocycles. The summed E-state index contributed by atoms with van der Waals surface area (Å²) in [7, 11) is -18.2. The van der Waals surface area contributed by atoms with Crippen LogP contribution in [0.3, 0.4) is 0 Å². The van der Waals surface area contributed by atoms with Crippen molar-refractivity contribution < 1.29 is 137 Å². The number of aromatic nitrogens is 3. The van der Waals surface area contributed by atoms with E-state index in [4.69, 9.17) is 10.5 Å². The fourth-order valence-corrected chi connectivity index (χ4v) is 4.92. The second-order valence-corrected chi connectivity index (χ2v) is 9.50. The molecule has 0 bridgehead atoms. The Hall–Kier alpha value is 1.29. The van der Waals surface area contributed by atoms with Gasteiger partial charge in [-0.15, -0.1) is 0 Å². The molecule has 1 fully saturated rings. The SMILES string of the molecule is Nc1cnn(C2OC(COP(=O)([O-])OP(=O)([O-])OP(=O)([O-])[O-])C(O)C2O)c(=O)n1.[Li+].[Li+].[Li+].[Li+]. The molecular formula is C8H11Li4N4O14P3. The van der Waals surface area contributed by atoms with Gasteiger partial charge >= 0.3 is 81.1 Å². The Balaban J connectivity index is -0.00000225. The molecule has 0 aliphatic carbocycles. The van der Waals surface area contributed by atoms with Crippen LogP contribution in [0.4, 0.5) is 5.82 Å². The van der Waals surface area contributed by atoms with Gasteiger partial charge in [-0.1, -0.05) is 0 Å². The Kier molecular flexibility index (Phi) is 17.5.